The third-order valence-electron chi connectivity index (χ3n) is 5.03. The summed E-state index contributed by atoms with van der Waals surface area (Å²) in [7, 11) is 0. The molecule has 0 amide bonds. The fraction of sp³-hybridized carbons (Fsp3) is 0.800. The van der Waals surface area contributed by atoms with Crippen molar-refractivity contribution in [3.05, 3.63) is 12.8 Å². The Morgan fingerprint density at radius 2 is 1.72 bits per heavy atom. The van der Waals surface area contributed by atoms with Gasteiger partial charge in [0.1, 0.15) is 0 Å². The second-order valence-electron chi connectivity index (χ2n) is 6.47. The molecule has 0 N–H and O–H groups in total. The summed E-state index contributed by atoms with van der Waals surface area (Å²) >= 11 is 0. The lowest BCUT2D eigenvalue weighted by Gasteiger charge is -2.55. The molecule has 4 bridgehead atoms. The molecule has 0 radical (unpaired) electrons. The van der Waals surface area contributed by atoms with E-state index in [1.165, 1.54) is 25.5 Å². The van der Waals surface area contributed by atoms with E-state index >= 15 is 0 Å². The smallest absolute Gasteiger partial charge is 0.315 e. The van der Waals surface area contributed by atoms with Crippen molar-refractivity contribution in [2.75, 3.05) is 0 Å². The van der Waals surface area contributed by atoms with Gasteiger partial charge in [-0.25, -0.2) is 0 Å². The van der Waals surface area contributed by atoms with Crippen LogP contribution in [-0.2, 0) is 14.3 Å². The van der Waals surface area contributed by atoms with E-state index in [0.717, 1.165) is 37.0 Å². The molecular formula is C15H22O3. The average Bonchev–Trinajstić information content (AvgIpc) is 2.27. The van der Waals surface area contributed by atoms with Gasteiger partial charge in [-0.3, -0.25) is 4.79 Å². The largest absolute Gasteiger partial charge is 0.463 e. The first-order chi connectivity index (χ1) is 8.61. The maximum atomic E-state index is 12.4. The lowest BCUT2D eigenvalue weighted by atomic mass is 9.49. The molecule has 0 spiro atoms. The summed E-state index contributed by atoms with van der Waals surface area (Å²) in [6.07, 6.45) is 7.96. The van der Waals surface area contributed by atoms with Crippen molar-refractivity contribution in [2.24, 2.45) is 23.2 Å². The van der Waals surface area contributed by atoms with Gasteiger partial charge in [0.15, 0.2) is 0 Å². The van der Waals surface area contributed by atoms with Crippen LogP contribution in [0.25, 0.3) is 0 Å². The van der Waals surface area contributed by atoms with Gasteiger partial charge in [0.05, 0.1) is 11.7 Å². The molecule has 0 aromatic carbocycles. The molecule has 4 fully saturated rings. The minimum Gasteiger partial charge on any atom is -0.463 e. The molecule has 0 saturated heterocycles. The van der Waals surface area contributed by atoms with Crippen LogP contribution in [0.5, 0.6) is 0 Å². The van der Waals surface area contributed by atoms with Gasteiger partial charge >= 0.3 is 5.97 Å². The second-order valence-corrected chi connectivity index (χ2v) is 6.47. The number of carbonyl (C=O) groups is 1. The Kier molecular flexibility index (Phi) is 2.87. The maximum Gasteiger partial charge on any atom is 0.315 e. The highest BCUT2D eigenvalue weighted by molar-refractivity contribution is 5.77. The molecule has 1 unspecified atom stereocenters. The van der Waals surface area contributed by atoms with Gasteiger partial charge in [-0.2, -0.15) is 0 Å². The van der Waals surface area contributed by atoms with Crippen molar-refractivity contribution >= 4 is 5.97 Å². The summed E-state index contributed by atoms with van der Waals surface area (Å²) in [4.78, 5) is 12.4. The van der Waals surface area contributed by atoms with Gasteiger partial charge in [0, 0.05) is 6.92 Å². The van der Waals surface area contributed by atoms with E-state index in [-0.39, 0.29) is 11.4 Å². The third-order valence-corrected chi connectivity index (χ3v) is 5.03. The molecule has 3 nitrogen and oxygen atoms in total. The maximum absolute atomic E-state index is 12.4. The Hall–Kier alpha value is -0.990. The Morgan fingerprint density at radius 3 is 2.17 bits per heavy atom. The van der Waals surface area contributed by atoms with E-state index in [0.29, 0.717) is 0 Å². The zero-order valence-corrected chi connectivity index (χ0v) is 11.1. The first kappa shape index (κ1) is 12.1. The van der Waals surface area contributed by atoms with Crippen molar-refractivity contribution in [2.45, 2.75) is 51.7 Å². The van der Waals surface area contributed by atoms with E-state index in [4.69, 9.17) is 9.47 Å². The predicted octanol–water partition coefficient (Wildman–Crippen LogP) is 3.25. The molecule has 18 heavy (non-hydrogen) atoms. The number of carbonyl (C=O) groups excluding carboxylic acids is 1. The summed E-state index contributed by atoms with van der Waals surface area (Å²) < 4.78 is 10.5. The normalized spacial score (nSPS) is 42.4. The van der Waals surface area contributed by atoms with E-state index in [1.807, 2.05) is 0 Å². The highest BCUT2D eigenvalue weighted by Gasteiger charge is 2.55. The molecule has 0 aromatic rings. The number of hydrogen-bond donors (Lipinski definition) is 0. The molecule has 1 atom stereocenters. The topological polar surface area (TPSA) is 35.5 Å². The van der Waals surface area contributed by atoms with Gasteiger partial charge < -0.3 is 9.47 Å². The van der Waals surface area contributed by atoms with Crippen LogP contribution in [0.2, 0.25) is 0 Å². The molecule has 4 rings (SSSR count). The first-order valence-electron chi connectivity index (χ1n) is 7.09. The zero-order valence-electron chi connectivity index (χ0n) is 11.1. The highest BCUT2D eigenvalue weighted by atomic mass is 16.7. The molecule has 3 heteroatoms. The molecule has 100 valence electrons. The molecule has 0 heterocycles. The van der Waals surface area contributed by atoms with Crippen LogP contribution in [0.1, 0.15) is 45.4 Å². The van der Waals surface area contributed by atoms with E-state index in [1.54, 1.807) is 6.92 Å². The number of esters is 1. The SMILES string of the molecule is C=COC(C)OC(=O)C12CC3CC(CC(C3)C1)C2. The van der Waals surface area contributed by atoms with Gasteiger partial charge in [-0.1, -0.05) is 6.58 Å². The zero-order chi connectivity index (χ0) is 12.8. The van der Waals surface area contributed by atoms with Crippen molar-refractivity contribution in [1.29, 1.82) is 0 Å². The summed E-state index contributed by atoms with van der Waals surface area (Å²) in [5.41, 5.74) is -0.187. The summed E-state index contributed by atoms with van der Waals surface area (Å²) in [5, 5.41) is 0. The van der Waals surface area contributed by atoms with Crippen LogP contribution in [0.3, 0.4) is 0 Å². The van der Waals surface area contributed by atoms with Crippen molar-refractivity contribution < 1.29 is 14.3 Å². The van der Waals surface area contributed by atoms with Gasteiger partial charge in [0.2, 0.25) is 6.29 Å². The van der Waals surface area contributed by atoms with Crippen LogP contribution in [0.4, 0.5) is 0 Å². The van der Waals surface area contributed by atoms with Crippen LogP contribution in [0, 0.1) is 23.2 Å². The summed E-state index contributed by atoms with van der Waals surface area (Å²) in [6.45, 7) is 5.24. The molecule has 0 aliphatic heterocycles. The van der Waals surface area contributed by atoms with Gasteiger partial charge in [-0.05, 0) is 56.3 Å². The van der Waals surface area contributed by atoms with Crippen molar-refractivity contribution in [1.82, 2.24) is 0 Å². The van der Waals surface area contributed by atoms with Crippen LogP contribution >= 0.6 is 0 Å². The van der Waals surface area contributed by atoms with Crippen molar-refractivity contribution in [3.63, 3.8) is 0 Å². The van der Waals surface area contributed by atoms with Crippen molar-refractivity contribution in [3.8, 4) is 0 Å². The molecule has 0 aromatic heterocycles. The Balaban J connectivity index is 1.71. The van der Waals surface area contributed by atoms with Crippen LogP contribution in [0.15, 0.2) is 12.8 Å². The summed E-state index contributed by atoms with van der Waals surface area (Å²) in [5.74, 6) is 2.26. The second kappa shape index (κ2) is 4.29. The van der Waals surface area contributed by atoms with Gasteiger partial charge in [0.25, 0.3) is 0 Å². The van der Waals surface area contributed by atoms with Crippen LogP contribution in [-0.4, -0.2) is 12.3 Å². The fourth-order valence-electron chi connectivity index (χ4n) is 4.80. The minimum atomic E-state index is -0.511. The molecule has 4 aliphatic rings. The highest BCUT2D eigenvalue weighted by Crippen LogP contribution is 2.60. The average molecular weight is 250 g/mol. The van der Waals surface area contributed by atoms with E-state index in [9.17, 15) is 4.79 Å². The van der Waals surface area contributed by atoms with Crippen LogP contribution < -0.4 is 0 Å². The minimum absolute atomic E-state index is 0.0315. The van der Waals surface area contributed by atoms with Gasteiger partial charge in [-0.15, -0.1) is 0 Å². The van der Waals surface area contributed by atoms with E-state index < -0.39 is 6.29 Å². The number of ether oxygens (including phenoxy) is 2. The lowest BCUT2D eigenvalue weighted by Crippen LogP contribution is -2.51. The summed E-state index contributed by atoms with van der Waals surface area (Å²) in [6, 6.07) is 0. The number of hydrogen-bond acceptors (Lipinski definition) is 3. The lowest BCUT2D eigenvalue weighted by molar-refractivity contribution is -0.192. The molecular weight excluding hydrogens is 228 g/mol. The third kappa shape index (κ3) is 1.94. The molecule has 4 aliphatic carbocycles. The quantitative estimate of drug-likeness (QED) is 0.436. The Morgan fingerprint density at radius 1 is 1.22 bits per heavy atom. The Labute approximate surface area is 109 Å². The molecule has 4 saturated carbocycles. The first-order valence-corrected chi connectivity index (χ1v) is 7.09. The number of rotatable bonds is 4. The monoisotopic (exact) mass is 250 g/mol. The standard InChI is InChI=1S/C15H22O3/c1-3-17-10(2)18-14(16)15-7-11-4-12(8-15)6-13(5-11)9-15/h3,10-13H,1,4-9H2,2H3. The fourth-order valence-corrected chi connectivity index (χ4v) is 4.80. The Bertz CT molecular complexity index is 325. The predicted molar refractivity (Wildman–Crippen MR) is 67.4 cm³/mol. The van der Waals surface area contributed by atoms with E-state index in [2.05, 4.69) is 6.58 Å².